The number of anilines is 1. The van der Waals surface area contributed by atoms with Crippen LogP contribution in [0.2, 0.25) is 0 Å². The van der Waals surface area contributed by atoms with E-state index in [4.69, 9.17) is 10.7 Å². The molecule has 0 aliphatic heterocycles. The molecule has 1 unspecified atom stereocenters. The number of hydrogen-bond donors (Lipinski definition) is 1. The molecule has 3 heteroatoms. The third kappa shape index (κ3) is 2.94. The predicted octanol–water partition coefficient (Wildman–Crippen LogP) is 3.93. The summed E-state index contributed by atoms with van der Waals surface area (Å²) in [5.74, 6) is 0.488. The minimum atomic E-state index is 0.114. The van der Waals surface area contributed by atoms with E-state index in [9.17, 15) is 0 Å². The maximum Gasteiger partial charge on any atom is 0.110 e. The Labute approximate surface area is 96.9 Å². The van der Waals surface area contributed by atoms with Gasteiger partial charge in [0.2, 0.25) is 0 Å². The second-order valence-electron chi connectivity index (χ2n) is 5.21. The van der Waals surface area contributed by atoms with Gasteiger partial charge in [-0.1, -0.05) is 41.0 Å². The second-order valence-corrected chi connectivity index (χ2v) is 6.24. The Hall–Kier alpha value is -0.570. The first kappa shape index (κ1) is 12.5. The van der Waals surface area contributed by atoms with Crippen molar-refractivity contribution in [2.75, 3.05) is 5.73 Å². The van der Waals surface area contributed by atoms with Crippen LogP contribution in [0, 0.1) is 0 Å². The molecule has 0 spiro atoms. The second kappa shape index (κ2) is 4.52. The van der Waals surface area contributed by atoms with Gasteiger partial charge in [-0.3, -0.25) is 0 Å². The van der Waals surface area contributed by atoms with Crippen LogP contribution in [-0.2, 0) is 5.41 Å². The van der Waals surface area contributed by atoms with Gasteiger partial charge in [0.05, 0.1) is 5.69 Å². The Morgan fingerprint density at radius 2 is 2.00 bits per heavy atom. The van der Waals surface area contributed by atoms with Crippen LogP contribution in [0.4, 0.5) is 5.00 Å². The zero-order chi connectivity index (χ0) is 11.6. The van der Waals surface area contributed by atoms with Gasteiger partial charge < -0.3 is 5.73 Å². The molecule has 15 heavy (non-hydrogen) atoms. The zero-order valence-electron chi connectivity index (χ0n) is 10.4. The van der Waals surface area contributed by atoms with Crippen molar-refractivity contribution >= 4 is 16.3 Å². The van der Waals surface area contributed by atoms with E-state index in [1.165, 1.54) is 6.42 Å². The van der Waals surface area contributed by atoms with Gasteiger partial charge in [-0.05, 0) is 6.42 Å². The molecule has 0 saturated carbocycles. The van der Waals surface area contributed by atoms with Gasteiger partial charge in [-0.25, -0.2) is 4.98 Å². The van der Waals surface area contributed by atoms with Crippen molar-refractivity contribution in [3.8, 4) is 0 Å². The monoisotopic (exact) mass is 226 g/mol. The summed E-state index contributed by atoms with van der Waals surface area (Å²) < 4.78 is 0. The molecule has 1 rings (SSSR count). The first-order valence-corrected chi connectivity index (χ1v) is 6.44. The zero-order valence-corrected chi connectivity index (χ0v) is 11.2. The van der Waals surface area contributed by atoms with Gasteiger partial charge in [0, 0.05) is 11.3 Å². The van der Waals surface area contributed by atoms with E-state index < -0.39 is 0 Å². The lowest BCUT2D eigenvalue weighted by molar-refractivity contribution is 0.575. The van der Waals surface area contributed by atoms with Gasteiger partial charge in [0.1, 0.15) is 10.0 Å². The fourth-order valence-corrected chi connectivity index (χ4v) is 2.60. The van der Waals surface area contributed by atoms with Crippen molar-refractivity contribution in [1.82, 2.24) is 4.98 Å². The largest absolute Gasteiger partial charge is 0.389 e. The number of nitrogens with two attached hydrogens (primary N) is 1. The minimum absolute atomic E-state index is 0.114. The Bertz CT molecular complexity index is 323. The Balaban J connectivity index is 2.96. The number of hydrogen-bond acceptors (Lipinski definition) is 3. The lowest BCUT2D eigenvalue weighted by Gasteiger charge is -2.14. The Kier molecular flexibility index (Phi) is 3.77. The summed E-state index contributed by atoms with van der Waals surface area (Å²) in [6, 6.07) is 0. The molecule has 86 valence electrons. The molecular formula is C12H22N2S. The van der Waals surface area contributed by atoms with Crippen LogP contribution >= 0.6 is 11.3 Å². The van der Waals surface area contributed by atoms with Crippen LogP contribution in [0.5, 0.6) is 0 Å². The van der Waals surface area contributed by atoms with Gasteiger partial charge >= 0.3 is 0 Å². The van der Waals surface area contributed by atoms with Crippen molar-refractivity contribution in [3.05, 3.63) is 10.7 Å². The van der Waals surface area contributed by atoms with Crippen molar-refractivity contribution < 1.29 is 0 Å². The lowest BCUT2D eigenvalue weighted by Crippen LogP contribution is -2.10. The Morgan fingerprint density at radius 1 is 1.40 bits per heavy atom. The van der Waals surface area contributed by atoms with E-state index in [0.717, 1.165) is 22.1 Å². The van der Waals surface area contributed by atoms with Crippen molar-refractivity contribution in [3.63, 3.8) is 0 Å². The molecule has 2 nitrogen and oxygen atoms in total. The molecule has 0 aliphatic rings. The molecule has 0 saturated heterocycles. The molecule has 1 atom stereocenters. The molecular weight excluding hydrogens is 204 g/mol. The fraction of sp³-hybridized carbons (Fsp3) is 0.750. The molecule has 2 N–H and O–H groups in total. The highest BCUT2D eigenvalue weighted by molar-refractivity contribution is 7.15. The predicted molar refractivity (Wildman–Crippen MR) is 68.5 cm³/mol. The molecule has 0 aromatic carbocycles. The van der Waals surface area contributed by atoms with E-state index in [-0.39, 0.29) is 5.41 Å². The molecule has 1 heterocycles. The van der Waals surface area contributed by atoms with Crippen LogP contribution in [0.25, 0.3) is 0 Å². The minimum Gasteiger partial charge on any atom is -0.389 e. The average Bonchev–Trinajstić information content (AvgIpc) is 2.47. The number of nitrogens with zero attached hydrogens (tertiary/aromatic N) is 1. The highest BCUT2D eigenvalue weighted by Crippen LogP contribution is 2.35. The smallest absolute Gasteiger partial charge is 0.110 e. The molecule has 0 amide bonds. The van der Waals surface area contributed by atoms with Crippen molar-refractivity contribution in [2.45, 2.75) is 58.8 Å². The summed E-state index contributed by atoms with van der Waals surface area (Å²) in [6.07, 6.45) is 2.35. The van der Waals surface area contributed by atoms with Crippen LogP contribution in [-0.4, -0.2) is 4.98 Å². The molecule has 0 bridgehead atoms. The molecule has 0 radical (unpaired) electrons. The van der Waals surface area contributed by atoms with Crippen LogP contribution in [0.1, 0.15) is 64.1 Å². The quantitative estimate of drug-likeness (QED) is 0.848. The molecule has 1 aromatic rings. The number of nitrogen functional groups attached to an aromatic ring is 1. The third-order valence-corrected chi connectivity index (χ3v) is 3.84. The number of thiazole rings is 1. The maximum absolute atomic E-state index is 6.03. The number of rotatable bonds is 3. The van der Waals surface area contributed by atoms with E-state index in [1.807, 2.05) is 0 Å². The number of aromatic nitrogens is 1. The summed E-state index contributed by atoms with van der Waals surface area (Å²) in [7, 11) is 0. The highest BCUT2D eigenvalue weighted by Gasteiger charge is 2.22. The Morgan fingerprint density at radius 3 is 2.40 bits per heavy atom. The lowest BCUT2D eigenvalue weighted by atomic mass is 9.97. The van der Waals surface area contributed by atoms with Crippen LogP contribution < -0.4 is 5.73 Å². The van der Waals surface area contributed by atoms with Gasteiger partial charge in [-0.15, -0.1) is 11.3 Å². The standard InChI is InChI=1S/C12H22N2S/c1-6-7-8(2)9-10(13)15-11(14-9)12(3,4)5/h8H,6-7,13H2,1-5H3. The molecule has 0 fully saturated rings. The van der Waals surface area contributed by atoms with Crippen LogP contribution in [0.15, 0.2) is 0 Å². The normalized spacial score (nSPS) is 14.2. The van der Waals surface area contributed by atoms with E-state index in [0.29, 0.717) is 5.92 Å². The van der Waals surface area contributed by atoms with Gasteiger partial charge in [0.25, 0.3) is 0 Å². The van der Waals surface area contributed by atoms with Crippen molar-refractivity contribution in [2.24, 2.45) is 0 Å². The summed E-state index contributed by atoms with van der Waals surface area (Å²) >= 11 is 1.64. The maximum atomic E-state index is 6.03. The summed E-state index contributed by atoms with van der Waals surface area (Å²) in [6.45, 7) is 10.9. The highest BCUT2D eigenvalue weighted by atomic mass is 32.1. The van der Waals surface area contributed by atoms with Crippen LogP contribution in [0.3, 0.4) is 0 Å². The topological polar surface area (TPSA) is 38.9 Å². The van der Waals surface area contributed by atoms with E-state index in [1.54, 1.807) is 11.3 Å². The van der Waals surface area contributed by atoms with Gasteiger partial charge in [-0.2, -0.15) is 0 Å². The average molecular weight is 226 g/mol. The summed E-state index contributed by atoms with van der Waals surface area (Å²) in [4.78, 5) is 4.69. The molecule has 1 aromatic heterocycles. The van der Waals surface area contributed by atoms with Crippen molar-refractivity contribution in [1.29, 1.82) is 0 Å². The SMILES string of the molecule is CCCC(C)c1nc(C(C)(C)C)sc1N. The summed E-state index contributed by atoms with van der Waals surface area (Å²) in [5, 5.41) is 2.05. The van der Waals surface area contributed by atoms with Gasteiger partial charge in [0.15, 0.2) is 0 Å². The first-order valence-electron chi connectivity index (χ1n) is 5.63. The summed E-state index contributed by atoms with van der Waals surface area (Å²) in [5.41, 5.74) is 7.24. The molecule has 0 aliphatic carbocycles. The van der Waals surface area contributed by atoms with E-state index in [2.05, 4.69) is 34.6 Å². The first-order chi connectivity index (χ1) is 6.86. The van der Waals surface area contributed by atoms with E-state index >= 15 is 0 Å². The third-order valence-electron chi connectivity index (χ3n) is 2.51. The fourth-order valence-electron chi connectivity index (χ4n) is 1.59.